The lowest BCUT2D eigenvalue weighted by molar-refractivity contribution is 0.0599. The predicted molar refractivity (Wildman–Crippen MR) is 59.9 cm³/mol. The quantitative estimate of drug-likeness (QED) is 0.465. The molecule has 16 heavy (non-hydrogen) atoms. The van der Waals surface area contributed by atoms with Crippen LogP contribution in [0, 0.1) is 19.3 Å². The summed E-state index contributed by atoms with van der Waals surface area (Å²) in [5.74, 6) is 3.43. The van der Waals surface area contributed by atoms with E-state index in [-0.39, 0.29) is 5.97 Å². The first-order valence-electron chi connectivity index (χ1n) is 5.00. The molecule has 0 saturated carbocycles. The highest BCUT2D eigenvalue weighted by Gasteiger charge is 2.14. The van der Waals surface area contributed by atoms with Crippen LogP contribution >= 0.6 is 0 Å². The average molecular weight is 221 g/mol. The summed E-state index contributed by atoms with van der Waals surface area (Å²) in [5, 5.41) is 3.11. The fourth-order valence-corrected chi connectivity index (χ4v) is 1.32. The largest absolute Gasteiger partial charge is 0.465 e. The molecule has 0 amide bonds. The number of furan rings is 1. The number of carbonyl (C=O) groups excluding carboxylic acids is 1. The molecule has 0 atom stereocenters. The fourth-order valence-electron chi connectivity index (χ4n) is 1.32. The van der Waals surface area contributed by atoms with Crippen LogP contribution in [0.5, 0.6) is 0 Å². The van der Waals surface area contributed by atoms with E-state index < -0.39 is 0 Å². The number of hydrogen-bond donors (Lipinski definition) is 1. The second-order valence-corrected chi connectivity index (χ2v) is 3.31. The van der Waals surface area contributed by atoms with Crippen LogP contribution in [0.25, 0.3) is 0 Å². The standard InChI is InChI=1S/C12H15NO3/c1-4-5-6-13-8-10-7-11(9(2)16-10)12(14)15-3/h1,7,13H,5-6,8H2,2-3H3. The van der Waals surface area contributed by atoms with Crippen molar-refractivity contribution in [1.29, 1.82) is 0 Å². The van der Waals surface area contributed by atoms with E-state index in [1.54, 1.807) is 13.0 Å². The normalized spacial score (nSPS) is 9.81. The number of hydrogen-bond acceptors (Lipinski definition) is 4. The van der Waals surface area contributed by atoms with Crippen LogP contribution in [0.2, 0.25) is 0 Å². The summed E-state index contributed by atoms with van der Waals surface area (Å²) in [6.45, 7) is 3.01. The Morgan fingerprint density at radius 1 is 1.69 bits per heavy atom. The Morgan fingerprint density at radius 2 is 2.44 bits per heavy atom. The summed E-state index contributed by atoms with van der Waals surface area (Å²) in [4.78, 5) is 11.3. The maximum atomic E-state index is 11.3. The highest BCUT2D eigenvalue weighted by molar-refractivity contribution is 5.90. The molecule has 0 aliphatic carbocycles. The molecule has 0 radical (unpaired) electrons. The van der Waals surface area contributed by atoms with E-state index in [1.165, 1.54) is 7.11 Å². The number of esters is 1. The van der Waals surface area contributed by atoms with Gasteiger partial charge in [0.1, 0.15) is 17.1 Å². The molecule has 1 N–H and O–H groups in total. The van der Waals surface area contributed by atoms with Gasteiger partial charge in [-0.05, 0) is 13.0 Å². The Kier molecular flexibility index (Phi) is 4.62. The third kappa shape index (κ3) is 3.14. The molecule has 0 unspecified atom stereocenters. The van der Waals surface area contributed by atoms with Crippen molar-refractivity contribution in [2.45, 2.75) is 19.9 Å². The molecule has 1 aromatic heterocycles. The first kappa shape index (κ1) is 12.3. The predicted octanol–water partition coefficient (Wildman–Crippen LogP) is 1.49. The van der Waals surface area contributed by atoms with Gasteiger partial charge in [-0.2, -0.15) is 0 Å². The van der Waals surface area contributed by atoms with Crippen LogP contribution in [0.3, 0.4) is 0 Å². The monoisotopic (exact) mass is 221 g/mol. The zero-order valence-electron chi connectivity index (χ0n) is 9.50. The Labute approximate surface area is 95.0 Å². The van der Waals surface area contributed by atoms with Crippen molar-refractivity contribution in [2.24, 2.45) is 0 Å². The SMILES string of the molecule is C#CCCNCc1cc(C(=O)OC)c(C)o1. The summed E-state index contributed by atoms with van der Waals surface area (Å²) in [6, 6.07) is 1.68. The highest BCUT2D eigenvalue weighted by atomic mass is 16.5. The van der Waals surface area contributed by atoms with Crippen molar-refractivity contribution >= 4 is 5.97 Å². The second kappa shape index (κ2) is 5.99. The fraction of sp³-hybridized carbons (Fsp3) is 0.417. The minimum Gasteiger partial charge on any atom is -0.465 e. The van der Waals surface area contributed by atoms with Crippen LogP contribution in [0.15, 0.2) is 10.5 Å². The Hall–Kier alpha value is -1.73. The molecule has 0 aliphatic rings. The van der Waals surface area contributed by atoms with Gasteiger partial charge < -0.3 is 14.5 Å². The van der Waals surface area contributed by atoms with Gasteiger partial charge in [-0.15, -0.1) is 12.3 Å². The van der Waals surface area contributed by atoms with E-state index in [9.17, 15) is 4.79 Å². The lowest BCUT2D eigenvalue weighted by Crippen LogP contribution is -2.13. The minimum atomic E-state index is -0.379. The van der Waals surface area contributed by atoms with Gasteiger partial charge in [0.05, 0.1) is 13.7 Å². The molecule has 0 saturated heterocycles. The van der Waals surface area contributed by atoms with Crippen molar-refractivity contribution in [1.82, 2.24) is 5.32 Å². The summed E-state index contributed by atoms with van der Waals surface area (Å²) < 4.78 is 10.0. The molecule has 0 bridgehead atoms. The summed E-state index contributed by atoms with van der Waals surface area (Å²) in [7, 11) is 1.35. The first-order chi connectivity index (χ1) is 7.69. The maximum absolute atomic E-state index is 11.3. The van der Waals surface area contributed by atoms with Crippen molar-refractivity contribution < 1.29 is 13.9 Å². The zero-order valence-corrected chi connectivity index (χ0v) is 9.50. The minimum absolute atomic E-state index is 0.379. The molecule has 1 heterocycles. The molecule has 0 spiro atoms. The second-order valence-electron chi connectivity index (χ2n) is 3.31. The van der Waals surface area contributed by atoms with Gasteiger partial charge in [-0.25, -0.2) is 4.79 Å². The van der Waals surface area contributed by atoms with E-state index in [4.69, 9.17) is 10.8 Å². The molecule has 1 rings (SSSR count). The van der Waals surface area contributed by atoms with E-state index >= 15 is 0 Å². The van der Waals surface area contributed by atoms with Crippen LogP contribution < -0.4 is 5.32 Å². The molecule has 0 fully saturated rings. The molecule has 4 heteroatoms. The van der Waals surface area contributed by atoms with Crippen LogP contribution in [-0.2, 0) is 11.3 Å². The molecule has 0 aromatic carbocycles. The third-order valence-corrected chi connectivity index (χ3v) is 2.12. The van der Waals surface area contributed by atoms with Gasteiger partial charge in [-0.1, -0.05) is 0 Å². The molecule has 1 aromatic rings. The summed E-state index contributed by atoms with van der Waals surface area (Å²) in [6.07, 6.45) is 5.79. The molecule has 4 nitrogen and oxygen atoms in total. The molecular formula is C12H15NO3. The van der Waals surface area contributed by atoms with Gasteiger partial charge >= 0.3 is 5.97 Å². The topological polar surface area (TPSA) is 51.5 Å². The van der Waals surface area contributed by atoms with Gasteiger partial charge in [0.15, 0.2) is 0 Å². The van der Waals surface area contributed by atoms with Crippen molar-refractivity contribution in [3.05, 3.63) is 23.2 Å². The number of rotatable bonds is 5. The van der Waals surface area contributed by atoms with E-state index in [1.807, 2.05) is 0 Å². The van der Waals surface area contributed by atoms with Crippen molar-refractivity contribution in [3.8, 4) is 12.3 Å². The molecule has 0 aliphatic heterocycles. The Morgan fingerprint density at radius 3 is 3.06 bits per heavy atom. The van der Waals surface area contributed by atoms with E-state index in [0.717, 1.165) is 6.54 Å². The summed E-state index contributed by atoms with van der Waals surface area (Å²) >= 11 is 0. The van der Waals surface area contributed by atoms with Gasteiger partial charge in [0.25, 0.3) is 0 Å². The third-order valence-electron chi connectivity index (χ3n) is 2.12. The van der Waals surface area contributed by atoms with Gasteiger partial charge in [-0.3, -0.25) is 0 Å². The van der Waals surface area contributed by atoms with Crippen LogP contribution in [-0.4, -0.2) is 19.6 Å². The number of carbonyl (C=O) groups is 1. The number of terminal acetylenes is 1. The lowest BCUT2D eigenvalue weighted by atomic mass is 10.2. The Bertz CT molecular complexity index is 401. The van der Waals surface area contributed by atoms with Crippen molar-refractivity contribution in [2.75, 3.05) is 13.7 Å². The van der Waals surface area contributed by atoms with E-state index in [0.29, 0.717) is 30.0 Å². The lowest BCUT2D eigenvalue weighted by Gasteiger charge is -1.97. The number of nitrogens with one attached hydrogen (secondary N) is 1. The highest BCUT2D eigenvalue weighted by Crippen LogP contribution is 2.15. The van der Waals surface area contributed by atoms with Crippen LogP contribution in [0.4, 0.5) is 0 Å². The zero-order chi connectivity index (χ0) is 12.0. The summed E-state index contributed by atoms with van der Waals surface area (Å²) in [5.41, 5.74) is 0.469. The number of methoxy groups -OCH3 is 1. The Balaban J connectivity index is 2.56. The number of aryl methyl sites for hydroxylation is 1. The van der Waals surface area contributed by atoms with Crippen LogP contribution in [0.1, 0.15) is 28.3 Å². The molecular weight excluding hydrogens is 206 g/mol. The van der Waals surface area contributed by atoms with Gasteiger partial charge in [0, 0.05) is 13.0 Å². The van der Waals surface area contributed by atoms with Gasteiger partial charge in [0.2, 0.25) is 0 Å². The average Bonchev–Trinajstić information content (AvgIpc) is 2.65. The van der Waals surface area contributed by atoms with Crippen molar-refractivity contribution in [3.63, 3.8) is 0 Å². The maximum Gasteiger partial charge on any atom is 0.341 e. The van der Waals surface area contributed by atoms with E-state index in [2.05, 4.69) is 16.0 Å². The molecule has 86 valence electrons. The number of ether oxygens (including phenoxy) is 1. The smallest absolute Gasteiger partial charge is 0.341 e. The first-order valence-corrected chi connectivity index (χ1v) is 5.00.